The lowest BCUT2D eigenvalue weighted by molar-refractivity contribution is -0.663. The Morgan fingerprint density at radius 1 is 0.900 bits per heavy atom. The zero-order chi connectivity index (χ0) is 14.1. The molecule has 2 aliphatic carbocycles. The van der Waals surface area contributed by atoms with E-state index in [1.807, 2.05) is 0 Å². The van der Waals surface area contributed by atoms with Gasteiger partial charge in [-0.3, -0.25) is 4.79 Å². The van der Waals surface area contributed by atoms with Crippen LogP contribution in [0.1, 0.15) is 64.2 Å². The molecule has 1 aliphatic heterocycles. The molecule has 0 bridgehead atoms. The molecule has 1 saturated heterocycles. The Morgan fingerprint density at radius 2 is 1.40 bits per heavy atom. The number of rotatable bonds is 2. The number of carbonyl (C=O) groups excluding carboxylic acids is 1. The Morgan fingerprint density at radius 3 is 1.90 bits per heavy atom. The van der Waals surface area contributed by atoms with Crippen molar-refractivity contribution in [3.05, 3.63) is 0 Å². The van der Waals surface area contributed by atoms with E-state index in [0.29, 0.717) is 25.2 Å². The van der Waals surface area contributed by atoms with E-state index in [1.54, 1.807) is 0 Å². The predicted octanol–water partition coefficient (Wildman–Crippen LogP) is 2.32. The molecule has 2 spiro atoms. The SMILES string of the molecule is NC(=O)CC1CCC2(CC1)OOC1(CCCCC1)OO2. The molecule has 0 aromatic rings. The predicted molar refractivity (Wildman–Crippen MR) is 68.7 cm³/mol. The first-order valence-electron chi connectivity index (χ1n) is 7.64. The zero-order valence-corrected chi connectivity index (χ0v) is 11.8. The molecule has 0 radical (unpaired) electrons. The average Bonchev–Trinajstić information content (AvgIpc) is 2.46. The van der Waals surface area contributed by atoms with Crippen LogP contribution in [0.15, 0.2) is 0 Å². The van der Waals surface area contributed by atoms with E-state index >= 15 is 0 Å². The monoisotopic (exact) mass is 285 g/mol. The van der Waals surface area contributed by atoms with Crippen molar-refractivity contribution >= 4 is 5.91 Å². The zero-order valence-electron chi connectivity index (χ0n) is 11.8. The van der Waals surface area contributed by atoms with Crippen molar-refractivity contribution in [1.29, 1.82) is 0 Å². The summed E-state index contributed by atoms with van der Waals surface area (Å²) in [5, 5.41) is 0. The maximum Gasteiger partial charge on any atom is 0.234 e. The summed E-state index contributed by atoms with van der Waals surface area (Å²) in [7, 11) is 0. The second kappa shape index (κ2) is 5.60. The second-order valence-electron chi connectivity index (χ2n) is 6.33. The van der Waals surface area contributed by atoms with Gasteiger partial charge in [0, 0.05) is 32.1 Å². The Hall–Kier alpha value is -0.690. The van der Waals surface area contributed by atoms with Crippen LogP contribution >= 0.6 is 0 Å². The van der Waals surface area contributed by atoms with Gasteiger partial charge in [0.25, 0.3) is 0 Å². The van der Waals surface area contributed by atoms with Crippen molar-refractivity contribution < 1.29 is 24.3 Å². The highest BCUT2D eigenvalue weighted by Crippen LogP contribution is 2.45. The fourth-order valence-electron chi connectivity index (χ4n) is 3.36. The van der Waals surface area contributed by atoms with E-state index < -0.39 is 11.6 Å². The first-order chi connectivity index (χ1) is 9.62. The molecular formula is C14H23NO5. The molecule has 0 unspecified atom stereocenters. The smallest absolute Gasteiger partial charge is 0.234 e. The molecule has 6 heteroatoms. The van der Waals surface area contributed by atoms with Crippen molar-refractivity contribution in [2.24, 2.45) is 11.7 Å². The van der Waals surface area contributed by atoms with Gasteiger partial charge in [-0.2, -0.15) is 19.6 Å². The van der Waals surface area contributed by atoms with Crippen LogP contribution in [0.25, 0.3) is 0 Å². The standard InChI is InChI=1S/C14H23NO5/c15-12(16)10-11-4-8-14(9-5-11)19-17-13(18-20-14)6-2-1-3-7-13/h11H,1-10H2,(H2,15,16). The van der Waals surface area contributed by atoms with Gasteiger partial charge in [0.05, 0.1) is 0 Å². The van der Waals surface area contributed by atoms with Gasteiger partial charge in [-0.15, -0.1) is 0 Å². The minimum atomic E-state index is -0.795. The Bertz CT molecular complexity index is 347. The lowest BCUT2D eigenvalue weighted by Crippen LogP contribution is -2.52. The molecule has 2 saturated carbocycles. The minimum Gasteiger partial charge on any atom is -0.370 e. The van der Waals surface area contributed by atoms with E-state index in [4.69, 9.17) is 25.3 Å². The van der Waals surface area contributed by atoms with E-state index in [-0.39, 0.29) is 5.91 Å². The maximum absolute atomic E-state index is 10.9. The van der Waals surface area contributed by atoms with Crippen LogP contribution in [-0.2, 0) is 24.3 Å². The number of primary amides is 1. The van der Waals surface area contributed by atoms with E-state index in [1.165, 1.54) is 6.42 Å². The van der Waals surface area contributed by atoms with E-state index in [2.05, 4.69) is 0 Å². The lowest BCUT2D eigenvalue weighted by Gasteiger charge is -2.46. The summed E-state index contributed by atoms with van der Waals surface area (Å²) in [6.07, 6.45) is 8.41. The van der Waals surface area contributed by atoms with Gasteiger partial charge in [-0.25, -0.2) is 0 Å². The van der Waals surface area contributed by atoms with Crippen molar-refractivity contribution in [3.8, 4) is 0 Å². The van der Waals surface area contributed by atoms with Crippen LogP contribution in [0.5, 0.6) is 0 Å². The van der Waals surface area contributed by atoms with Gasteiger partial charge in [0.1, 0.15) is 0 Å². The molecule has 3 aliphatic rings. The molecule has 2 N–H and O–H groups in total. The molecule has 3 fully saturated rings. The summed E-state index contributed by atoms with van der Waals surface area (Å²) in [6.45, 7) is 0. The molecule has 20 heavy (non-hydrogen) atoms. The highest BCUT2D eigenvalue weighted by atomic mass is 17.4. The van der Waals surface area contributed by atoms with Crippen molar-refractivity contribution in [1.82, 2.24) is 0 Å². The van der Waals surface area contributed by atoms with Gasteiger partial charge < -0.3 is 5.73 Å². The van der Waals surface area contributed by atoms with Crippen LogP contribution < -0.4 is 5.73 Å². The van der Waals surface area contributed by atoms with Gasteiger partial charge >= 0.3 is 0 Å². The Kier molecular flexibility index (Phi) is 3.99. The summed E-state index contributed by atoms with van der Waals surface area (Å²) in [4.78, 5) is 33.3. The molecule has 3 rings (SSSR count). The number of hydrogen-bond acceptors (Lipinski definition) is 5. The first kappa shape index (κ1) is 14.3. The third-order valence-electron chi connectivity index (χ3n) is 4.66. The summed E-state index contributed by atoms with van der Waals surface area (Å²) in [5.41, 5.74) is 5.24. The summed E-state index contributed by atoms with van der Waals surface area (Å²) in [5.74, 6) is -1.43. The molecular weight excluding hydrogens is 262 g/mol. The molecule has 0 aromatic carbocycles. The minimum absolute atomic E-state index is 0.245. The van der Waals surface area contributed by atoms with Crippen LogP contribution in [0.3, 0.4) is 0 Å². The molecule has 1 heterocycles. The third-order valence-corrected chi connectivity index (χ3v) is 4.66. The van der Waals surface area contributed by atoms with Gasteiger partial charge in [-0.05, 0) is 31.6 Å². The van der Waals surface area contributed by atoms with Crippen LogP contribution in [-0.4, -0.2) is 17.5 Å². The fourth-order valence-corrected chi connectivity index (χ4v) is 3.36. The van der Waals surface area contributed by atoms with Crippen LogP contribution in [0.4, 0.5) is 0 Å². The highest BCUT2D eigenvalue weighted by molar-refractivity contribution is 5.73. The van der Waals surface area contributed by atoms with E-state index in [0.717, 1.165) is 38.5 Å². The molecule has 0 aromatic heterocycles. The van der Waals surface area contributed by atoms with Crippen molar-refractivity contribution in [2.45, 2.75) is 75.8 Å². The second-order valence-corrected chi connectivity index (χ2v) is 6.33. The lowest BCUT2D eigenvalue weighted by atomic mass is 9.83. The number of nitrogens with two attached hydrogens (primary N) is 1. The van der Waals surface area contributed by atoms with Crippen LogP contribution in [0.2, 0.25) is 0 Å². The van der Waals surface area contributed by atoms with Gasteiger partial charge in [0.2, 0.25) is 17.5 Å². The molecule has 114 valence electrons. The molecule has 1 amide bonds. The highest BCUT2D eigenvalue weighted by Gasteiger charge is 2.50. The van der Waals surface area contributed by atoms with Crippen molar-refractivity contribution in [3.63, 3.8) is 0 Å². The number of amides is 1. The number of carbonyl (C=O) groups is 1. The number of hydrogen-bond donors (Lipinski definition) is 1. The van der Waals surface area contributed by atoms with Gasteiger partial charge in [-0.1, -0.05) is 6.42 Å². The molecule has 0 atom stereocenters. The third kappa shape index (κ3) is 2.98. The fraction of sp³-hybridized carbons (Fsp3) is 0.929. The summed E-state index contributed by atoms with van der Waals surface area (Å²) in [6, 6.07) is 0. The Labute approximate surface area is 118 Å². The van der Waals surface area contributed by atoms with Crippen molar-refractivity contribution in [2.75, 3.05) is 0 Å². The normalized spacial score (nSPS) is 29.6. The quantitative estimate of drug-likeness (QED) is 0.787. The summed E-state index contributed by atoms with van der Waals surface area (Å²) < 4.78 is 0. The summed E-state index contributed by atoms with van der Waals surface area (Å²) >= 11 is 0. The first-order valence-corrected chi connectivity index (χ1v) is 7.64. The average molecular weight is 285 g/mol. The largest absolute Gasteiger partial charge is 0.370 e. The molecule has 6 nitrogen and oxygen atoms in total. The van der Waals surface area contributed by atoms with E-state index in [9.17, 15) is 4.79 Å². The topological polar surface area (TPSA) is 80.0 Å². The Balaban J connectivity index is 1.52. The maximum atomic E-state index is 10.9. The van der Waals surface area contributed by atoms with Gasteiger partial charge in [0.15, 0.2) is 0 Å². The van der Waals surface area contributed by atoms with Crippen LogP contribution in [0, 0.1) is 5.92 Å².